The first-order valence-electron chi connectivity index (χ1n) is 9.38. The molecule has 0 radical (unpaired) electrons. The smallest absolute Gasteiger partial charge is 0.254 e. The van der Waals surface area contributed by atoms with Crippen LogP contribution in [-0.4, -0.2) is 57.2 Å². The van der Waals surface area contributed by atoms with E-state index in [0.29, 0.717) is 18.7 Å². The number of anilines is 1. The van der Waals surface area contributed by atoms with Crippen LogP contribution in [0.5, 0.6) is 0 Å². The third-order valence-corrected chi connectivity index (χ3v) is 5.41. The molecule has 7 nitrogen and oxygen atoms in total. The van der Waals surface area contributed by atoms with Crippen LogP contribution in [-0.2, 0) is 12.8 Å². The Morgan fingerprint density at radius 3 is 2.56 bits per heavy atom. The van der Waals surface area contributed by atoms with Gasteiger partial charge in [-0.1, -0.05) is 0 Å². The van der Waals surface area contributed by atoms with E-state index < -0.39 is 0 Å². The standard InChI is InChI=1S/C20H20N6O/c27-20(15-4-5-17-18(12-15)22-7-6-21-17)26-10-8-25(9-11-26)19-13-14-2-1-3-16(14)23-24-19/h4-7,12-13H,1-3,8-11H2. The lowest BCUT2D eigenvalue weighted by Gasteiger charge is -2.35. The molecule has 136 valence electrons. The van der Waals surface area contributed by atoms with Gasteiger partial charge in [0.25, 0.3) is 5.91 Å². The number of piperazine rings is 1. The predicted molar refractivity (Wildman–Crippen MR) is 102 cm³/mol. The molecule has 1 aliphatic heterocycles. The Morgan fingerprint density at radius 2 is 1.70 bits per heavy atom. The highest BCUT2D eigenvalue weighted by atomic mass is 16.2. The Bertz CT molecular complexity index is 1010. The molecule has 0 N–H and O–H groups in total. The zero-order valence-electron chi connectivity index (χ0n) is 15.0. The molecule has 1 amide bonds. The van der Waals surface area contributed by atoms with Gasteiger partial charge in [-0.05, 0) is 49.1 Å². The molecule has 3 aromatic rings. The van der Waals surface area contributed by atoms with Crippen molar-refractivity contribution in [1.29, 1.82) is 0 Å². The molecule has 0 atom stereocenters. The largest absolute Gasteiger partial charge is 0.352 e. The Hall–Kier alpha value is -3.09. The van der Waals surface area contributed by atoms with Gasteiger partial charge in [0.2, 0.25) is 0 Å². The Morgan fingerprint density at radius 1 is 0.889 bits per heavy atom. The molecule has 5 rings (SSSR count). The number of carbonyl (C=O) groups is 1. The second-order valence-electron chi connectivity index (χ2n) is 7.07. The van der Waals surface area contributed by atoms with E-state index in [2.05, 4.69) is 31.1 Å². The predicted octanol–water partition coefficient (Wildman–Crippen LogP) is 1.87. The summed E-state index contributed by atoms with van der Waals surface area (Å²) in [7, 11) is 0. The van der Waals surface area contributed by atoms with E-state index >= 15 is 0 Å². The van der Waals surface area contributed by atoms with Gasteiger partial charge in [0.1, 0.15) is 0 Å². The molecule has 1 saturated heterocycles. The highest BCUT2D eigenvalue weighted by Gasteiger charge is 2.24. The number of aryl methyl sites for hydroxylation is 2. The van der Waals surface area contributed by atoms with E-state index in [1.807, 2.05) is 23.1 Å². The minimum Gasteiger partial charge on any atom is -0.352 e. The monoisotopic (exact) mass is 360 g/mol. The van der Waals surface area contributed by atoms with Gasteiger partial charge in [-0.2, -0.15) is 5.10 Å². The molecule has 27 heavy (non-hydrogen) atoms. The van der Waals surface area contributed by atoms with Gasteiger partial charge < -0.3 is 9.80 Å². The maximum absolute atomic E-state index is 12.9. The van der Waals surface area contributed by atoms with Crippen LogP contribution in [0.15, 0.2) is 36.7 Å². The van der Waals surface area contributed by atoms with E-state index in [0.717, 1.165) is 48.5 Å². The van der Waals surface area contributed by atoms with Crippen molar-refractivity contribution in [2.75, 3.05) is 31.1 Å². The summed E-state index contributed by atoms with van der Waals surface area (Å²) >= 11 is 0. The van der Waals surface area contributed by atoms with E-state index in [-0.39, 0.29) is 5.91 Å². The summed E-state index contributed by atoms with van der Waals surface area (Å²) in [5.74, 6) is 0.978. The quantitative estimate of drug-likeness (QED) is 0.695. The van der Waals surface area contributed by atoms with Crippen LogP contribution in [0.25, 0.3) is 11.0 Å². The number of nitrogens with zero attached hydrogens (tertiary/aromatic N) is 6. The maximum atomic E-state index is 12.9. The maximum Gasteiger partial charge on any atom is 0.254 e. The molecule has 0 spiro atoms. The second-order valence-corrected chi connectivity index (χ2v) is 7.07. The summed E-state index contributed by atoms with van der Waals surface area (Å²) in [5.41, 5.74) is 4.68. The minimum atomic E-state index is 0.0437. The van der Waals surface area contributed by atoms with E-state index in [9.17, 15) is 4.79 Å². The normalized spacial score (nSPS) is 16.6. The third kappa shape index (κ3) is 2.99. The number of benzene rings is 1. The Kier molecular flexibility index (Phi) is 3.92. The molecule has 0 bridgehead atoms. The van der Waals surface area contributed by atoms with Gasteiger partial charge in [0, 0.05) is 44.1 Å². The van der Waals surface area contributed by atoms with Gasteiger partial charge in [-0.3, -0.25) is 14.8 Å². The van der Waals surface area contributed by atoms with Crippen LogP contribution >= 0.6 is 0 Å². The molecule has 0 unspecified atom stereocenters. The van der Waals surface area contributed by atoms with Crippen LogP contribution in [0, 0.1) is 0 Å². The number of fused-ring (bicyclic) bond motifs is 2. The summed E-state index contributed by atoms with van der Waals surface area (Å²) in [6.45, 7) is 2.89. The molecular weight excluding hydrogens is 340 g/mol. The zero-order valence-corrected chi connectivity index (χ0v) is 15.0. The molecule has 1 aromatic carbocycles. The number of rotatable bonds is 2. The van der Waals surface area contributed by atoms with Crippen molar-refractivity contribution >= 4 is 22.8 Å². The number of amides is 1. The van der Waals surface area contributed by atoms with Gasteiger partial charge in [-0.25, -0.2) is 0 Å². The number of carbonyl (C=O) groups excluding carboxylic acids is 1. The van der Waals surface area contributed by atoms with Gasteiger partial charge in [-0.15, -0.1) is 5.10 Å². The average molecular weight is 360 g/mol. The first-order valence-corrected chi connectivity index (χ1v) is 9.38. The molecule has 3 heterocycles. The van der Waals surface area contributed by atoms with E-state index in [1.165, 1.54) is 12.0 Å². The minimum absolute atomic E-state index is 0.0437. The van der Waals surface area contributed by atoms with Gasteiger partial charge in [0.05, 0.1) is 16.7 Å². The molecule has 2 aromatic heterocycles. The Labute approximate surface area is 157 Å². The third-order valence-electron chi connectivity index (χ3n) is 5.41. The van der Waals surface area contributed by atoms with Crippen molar-refractivity contribution in [2.24, 2.45) is 0 Å². The average Bonchev–Trinajstić information content (AvgIpc) is 3.21. The van der Waals surface area contributed by atoms with E-state index in [1.54, 1.807) is 12.4 Å². The van der Waals surface area contributed by atoms with Crippen molar-refractivity contribution in [3.8, 4) is 0 Å². The molecule has 0 saturated carbocycles. The highest BCUT2D eigenvalue weighted by Crippen LogP contribution is 2.23. The molecule has 2 aliphatic rings. The zero-order chi connectivity index (χ0) is 18.2. The second kappa shape index (κ2) is 6.57. The number of aromatic nitrogens is 4. The van der Waals surface area contributed by atoms with Crippen molar-refractivity contribution in [3.05, 3.63) is 53.5 Å². The Balaban J connectivity index is 1.28. The SMILES string of the molecule is O=C(c1ccc2nccnc2c1)N1CCN(c2cc3c(nn2)CCC3)CC1. The van der Waals surface area contributed by atoms with Crippen LogP contribution in [0.4, 0.5) is 5.82 Å². The number of hydrogen-bond donors (Lipinski definition) is 0. The fourth-order valence-electron chi connectivity index (χ4n) is 3.89. The topological polar surface area (TPSA) is 75.1 Å². The van der Waals surface area contributed by atoms with Crippen LogP contribution in [0.2, 0.25) is 0 Å². The molecule has 1 fully saturated rings. The van der Waals surface area contributed by atoms with Crippen molar-refractivity contribution in [2.45, 2.75) is 19.3 Å². The lowest BCUT2D eigenvalue weighted by Crippen LogP contribution is -2.49. The summed E-state index contributed by atoms with van der Waals surface area (Å²) in [4.78, 5) is 25.5. The summed E-state index contributed by atoms with van der Waals surface area (Å²) in [5, 5.41) is 8.77. The van der Waals surface area contributed by atoms with Crippen molar-refractivity contribution < 1.29 is 4.79 Å². The lowest BCUT2D eigenvalue weighted by atomic mass is 10.1. The number of hydrogen-bond acceptors (Lipinski definition) is 6. The van der Waals surface area contributed by atoms with Gasteiger partial charge in [0.15, 0.2) is 5.82 Å². The summed E-state index contributed by atoms with van der Waals surface area (Å²) in [6.07, 6.45) is 6.62. The van der Waals surface area contributed by atoms with Crippen LogP contribution in [0.3, 0.4) is 0 Å². The van der Waals surface area contributed by atoms with Crippen molar-refractivity contribution in [3.63, 3.8) is 0 Å². The highest BCUT2D eigenvalue weighted by molar-refractivity contribution is 5.97. The molecular formula is C20H20N6O. The van der Waals surface area contributed by atoms with Crippen LogP contribution in [0.1, 0.15) is 28.0 Å². The molecule has 7 heteroatoms. The van der Waals surface area contributed by atoms with E-state index in [4.69, 9.17) is 0 Å². The summed E-state index contributed by atoms with van der Waals surface area (Å²) in [6, 6.07) is 7.68. The van der Waals surface area contributed by atoms with Crippen LogP contribution < -0.4 is 4.90 Å². The first-order chi connectivity index (χ1) is 13.3. The fraction of sp³-hybridized carbons (Fsp3) is 0.350. The van der Waals surface area contributed by atoms with Gasteiger partial charge >= 0.3 is 0 Å². The molecule has 1 aliphatic carbocycles. The van der Waals surface area contributed by atoms with Crippen molar-refractivity contribution in [1.82, 2.24) is 25.1 Å². The lowest BCUT2D eigenvalue weighted by molar-refractivity contribution is 0.0746. The first kappa shape index (κ1) is 16.1. The fourth-order valence-corrected chi connectivity index (χ4v) is 3.89. The summed E-state index contributed by atoms with van der Waals surface area (Å²) < 4.78 is 0.